The quantitative estimate of drug-likeness (QED) is 0.749. The zero-order valence-corrected chi connectivity index (χ0v) is 9.47. The van der Waals surface area contributed by atoms with Gasteiger partial charge in [-0.3, -0.25) is 0 Å². The third-order valence-electron chi connectivity index (χ3n) is 3.41. The summed E-state index contributed by atoms with van der Waals surface area (Å²) in [5.74, 6) is 0.505. The molecule has 0 amide bonds. The number of rotatable bonds is 2. The van der Waals surface area contributed by atoms with Crippen LogP contribution in [0.4, 0.5) is 0 Å². The molecule has 2 aliphatic heterocycles. The van der Waals surface area contributed by atoms with Crippen LogP contribution < -0.4 is 0 Å². The summed E-state index contributed by atoms with van der Waals surface area (Å²) in [6.45, 7) is 2.09. The van der Waals surface area contributed by atoms with Gasteiger partial charge in [-0.25, -0.2) is 0 Å². The molecular weight excluding hydrogens is 200 g/mol. The molecular formula is C13H16N2O. The van der Waals surface area contributed by atoms with Crippen molar-refractivity contribution in [1.82, 2.24) is 4.90 Å². The lowest BCUT2D eigenvalue weighted by atomic mass is 9.95. The molecule has 0 spiro atoms. The second-order valence-electron chi connectivity index (χ2n) is 4.72. The summed E-state index contributed by atoms with van der Waals surface area (Å²) >= 11 is 0. The van der Waals surface area contributed by atoms with Crippen molar-refractivity contribution in [3.8, 4) is 0 Å². The van der Waals surface area contributed by atoms with Crippen LogP contribution in [0.25, 0.3) is 0 Å². The third kappa shape index (κ3) is 1.71. The van der Waals surface area contributed by atoms with Gasteiger partial charge < -0.3 is 9.74 Å². The minimum absolute atomic E-state index is 0.295. The average molecular weight is 216 g/mol. The lowest BCUT2D eigenvalue weighted by Crippen LogP contribution is -2.22. The maximum atomic E-state index is 5.48. The number of likely N-dealkylation sites (tertiary alicyclic amines) is 1. The van der Waals surface area contributed by atoms with E-state index in [1.54, 1.807) is 0 Å². The topological polar surface area (TPSA) is 24.8 Å². The summed E-state index contributed by atoms with van der Waals surface area (Å²) < 4.78 is 0. The average Bonchev–Trinajstić information content (AvgIpc) is 2.81. The van der Waals surface area contributed by atoms with E-state index in [2.05, 4.69) is 41.4 Å². The van der Waals surface area contributed by atoms with Crippen molar-refractivity contribution in [3.05, 3.63) is 35.9 Å². The van der Waals surface area contributed by atoms with E-state index in [0.29, 0.717) is 12.0 Å². The van der Waals surface area contributed by atoms with Crippen LogP contribution in [-0.4, -0.2) is 36.9 Å². The SMILES string of the molecule is CN1CC2ON=C(Cc3ccccc3)C2C1. The molecule has 0 N–H and O–H groups in total. The molecule has 16 heavy (non-hydrogen) atoms. The first kappa shape index (κ1) is 9.85. The molecule has 2 heterocycles. The summed E-state index contributed by atoms with van der Waals surface area (Å²) in [6.07, 6.45) is 1.22. The van der Waals surface area contributed by atoms with Crippen LogP contribution in [0, 0.1) is 5.92 Å². The van der Waals surface area contributed by atoms with E-state index in [-0.39, 0.29) is 0 Å². The highest BCUT2D eigenvalue weighted by Gasteiger charge is 2.40. The van der Waals surface area contributed by atoms with Crippen molar-refractivity contribution in [3.63, 3.8) is 0 Å². The Morgan fingerprint density at radius 3 is 2.94 bits per heavy atom. The summed E-state index contributed by atoms with van der Waals surface area (Å²) in [4.78, 5) is 7.79. The van der Waals surface area contributed by atoms with Gasteiger partial charge in [-0.05, 0) is 12.6 Å². The van der Waals surface area contributed by atoms with Gasteiger partial charge in [0, 0.05) is 19.5 Å². The van der Waals surface area contributed by atoms with Gasteiger partial charge in [-0.15, -0.1) is 0 Å². The lowest BCUT2D eigenvalue weighted by molar-refractivity contribution is 0.0773. The number of oxime groups is 1. The number of likely N-dealkylation sites (N-methyl/N-ethyl adjacent to an activating group) is 1. The van der Waals surface area contributed by atoms with E-state index in [1.165, 1.54) is 11.3 Å². The van der Waals surface area contributed by atoms with Crippen LogP contribution in [0.15, 0.2) is 35.5 Å². The normalized spacial score (nSPS) is 28.7. The Kier molecular flexibility index (Phi) is 2.40. The molecule has 0 saturated carbocycles. The fourth-order valence-electron chi connectivity index (χ4n) is 2.56. The second-order valence-corrected chi connectivity index (χ2v) is 4.72. The predicted molar refractivity (Wildman–Crippen MR) is 63.4 cm³/mol. The van der Waals surface area contributed by atoms with E-state index in [9.17, 15) is 0 Å². The minimum atomic E-state index is 0.295. The number of hydrogen-bond donors (Lipinski definition) is 0. The molecule has 0 aromatic heterocycles. The van der Waals surface area contributed by atoms with Gasteiger partial charge in [0.15, 0.2) is 0 Å². The Morgan fingerprint density at radius 1 is 1.31 bits per heavy atom. The first-order valence-corrected chi connectivity index (χ1v) is 5.78. The van der Waals surface area contributed by atoms with Crippen molar-refractivity contribution in [2.45, 2.75) is 12.5 Å². The van der Waals surface area contributed by atoms with Crippen molar-refractivity contribution >= 4 is 5.71 Å². The molecule has 2 atom stereocenters. The maximum Gasteiger partial charge on any atom is 0.149 e. The minimum Gasteiger partial charge on any atom is -0.390 e. The van der Waals surface area contributed by atoms with Gasteiger partial charge in [0.05, 0.1) is 11.6 Å². The Balaban J connectivity index is 1.73. The second kappa shape index (κ2) is 3.91. The Labute approximate surface area is 95.7 Å². The van der Waals surface area contributed by atoms with Crippen LogP contribution in [0.1, 0.15) is 5.56 Å². The van der Waals surface area contributed by atoms with Crippen molar-refractivity contribution in [1.29, 1.82) is 0 Å². The van der Waals surface area contributed by atoms with E-state index in [0.717, 1.165) is 19.5 Å². The molecule has 0 radical (unpaired) electrons. The molecule has 2 aliphatic rings. The molecule has 1 aromatic carbocycles. The van der Waals surface area contributed by atoms with Crippen LogP contribution >= 0.6 is 0 Å². The van der Waals surface area contributed by atoms with Gasteiger partial charge in [-0.2, -0.15) is 0 Å². The number of hydrogen-bond acceptors (Lipinski definition) is 3. The maximum absolute atomic E-state index is 5.48. The fraction of sp³-hybridized carbons (Fsp3) is 0.462. The highest BCUT2D eigenvalue weighted by atomic mass is 16.6. The number of nitrogens with zero attached hydrogens (tertiary/aromatic N) is 2. The predicted octanol–water partition coefficient (Wildman–Crippen LogP) is 1.55. The smallest absolute Gasteiger partial charge is 0.149 e. The van der Waals surface area contributed by atoms with Crippen LogP contribution in [-0.2, 0) is 11.3 Å². The summed E-state index contributed by atoms with van der Waals surface area (Å²) in [5.41, 5.74) is 2.53. The van der Waals surface area contributed by atoms with Crippen molar-refractivity contribution in [2.75, 3.05) is 20.1 Å². The molecule has 3 rings (SSSR count). The molecule has 0 bridgehead atoms. The third-order valence-corrected chi connectivity index (χ3v) is 3.41. The van der Waals surface area contributed by atoms with E-state index in [1.807, 2.05) is 6.07 Å². The summed E-state index contributed by atoms with van der Waals surface area (Å²) in [5, 5.41) is 4.24. The standard InChI is InChI=1S/C13H16N2O/c1-15-8-11-12(14-16-13(11)9-15)7-10-5-3-2-4-6-10/h2-6,11,13H,7-9H2,1H3. The largest absolute Gasteiger partial charge is 0.390 e. The van der Waals surface area contributed by atoms with Crippen molar-refractivity contribution < 1.29 is 4.84 Å². The van der Waals surface area contributed by atoms with Gasteiger partial charge in [-0.1, -0.05) is 35.5 Å². The zero-order valence-electron chi connectivity index (χ0n) is 9.47. The zero-order chi connectivity index (χ0) is 11.0. The highest BCUT2D eigenvalue weighted by molar-refractivity contribution is 5.90. The molecule has 1 saturated heterocycles. The summed E-state index contributed by atoms with van der Waals surface area (Å²) in [6, 6.07) is 10.5. The van der Waals surface area contributed by atoms with Gasteiger partial charge in [0.1, 0.15) is 6.10 Å². The van der Waals surface area contributed by atoms with Gasteiger partial charge in [0.25, 0.3) is 0 Å². The molecule has 1 aromatic rings. The molecule has 1 fully saturated rings. The monoisotopic (exact) mass is 216 g/mol. The highest BCUT2D eigenvalue weighted by Crippen LogP contribution is 2.27. The van der Waals surface area contributed by atoms with Crippen LogP contribution in [0.3, 0.4) is 0 Å². The Hall–Kier alpha value is -1.35. The number of fused-ring (bicyclic) bond motifs is 1. The Morgan fingerprint density at radius 2 is 2.12 bits per heavy atom. The molecule has 2 unspecified atom stereocenters. The molecule has 0 aliphatic carbocycles. The molecule has 3 heteroatoms. The van der Waals surface area contributed by atoms with Gasteiger partial charge in [0.2, 0.25) is 0 Å². The summed E-state index contributed by atoms with van der Waals surface area (Å²) in [7, 11) is 2.14. The van der Waals surface area contributed by atoms with E-state index < -0.39 is 0 Å². The fourth-order valence-corrected chi connectivity index (χ4v) is 2.56. The van der Waals surface area contributed by atoms with Crippen LogP contribution in [0.5, 0.6) is 0 Å². The number of benzene rings is 1. The molecule has 3 nitrogen and oxygen atoms in total. The van der Waals surface area contributed by atoms with Crippen LogP contribution in [0.2, 0.25) is 0 Å². The van der Waals surface area contributed by atoms with Crippen molar-refractivity contribution in [2.24, 2.45) is 11.1 Å². The molecule has 84 valence electrons. The van der Waals surface area contributed by atoms with Gasteiger partial charge >= 0.3 is 0 Å². The van der Waals surface area contributed by atoms with E-state index in [4.69, 9.17) is 4.84 Å². The lowest BCUT2D eigenvalue weighted by Gasteiger charge is -2.09. The van der Waals surface area contributed by atoms with E-state index >= 15 is 0 Å². The first-order valence-electron chi connectivity index (χ1n) is 5.78. The first-order chi connectivity index (χ1) is 7.83. The Bertz CT molecular complexity index is 402.